The van der Waals surface area contributed by atoms with Gasteiger partial charge in [0.05, 0.1) is 24.7 Å². The van der Waals surface area contributed by atoms with Crippen LogP contribution < -0.4 is 10.6 Å². The molecule has 2 N–H and O–H groups in total. The fourth-order valence-electron chi connectivity index (χ4n) is 2.50. The summed E-state index contributed by atoms with van der Waals surface area (Å²) >= 11 is 0. The van der Waals surface area contributed by atoms with Crippen LogP contribution in [0.1, 0.15) is 19.3 Å². The van der Waals surface area contributed by atoms with E-state index in [1.54, 1.807) is 7.11 Å². The second kappa shape index (κ2) is 5.33. The van der Waals surface area contributed by atoms with E-state index in [2.05, 4.69) is 10.6 Å². The summed E-state index contributed by atoms with van der Waals surface area (Å²) in [5.74, 6) is -0.000780. The van der Waals surface area contributed by atoms with Crippen molar-refractivity contribution in [1.82, 2.24) is 10.6 Å². The molecule has 2 atom stereocenters. The molecule has 0 bridgehead atoms. The number of amides is 1. The second-order valence-electron chi connectivity index (χ2n) is 5.00. The van der Waals surface area contributed by atoms with Crippen LogP contribution in [0, 0.1) is 5.92 Å². The van der Waals surface area contributed by atoms with Crippen molar-refractivity contribution in [3.8, 4) is 0 Å². The van der Waals surface area contributed by atoms with Gasteiger partial charge in [0, 0.05) is 19.7 Å². The molecule has 2 aliphatic rings. The minimum atomic E-state index is -0.107. The average Bonchev–Trinajstić information content (AvgIpc) is 2.76. The molecule has 1 aliphatic heterocycles. The Morgan fingerprint density at radius 2 is 2.24 bits per heavy atom. The standard InChI is InChI=1S/C12H22N2O3/c1-13-10-7-17-6-9(10)11(15)14-8-12(16-2)4-3-5-12/h9-10,13H,3-8H2,1-2H3,(H,14,15). The number of nitrogens with one attached hydrogen (secondary N) is 2. The zero-order chi connectivity index (χ0) is 12.3. The quantitative estimate of drug-likeness (QED) is 0.707. The van der Waals surface area contributed by atoms with E-state index in [1.165, 1.54) is 6.42 Å². The summed E-state index contributed by atoms with van der Waals surface area (Å²) in [5, 5.41) is 6.12. The lowest BCUT2D eigenvalue weighted by Gasteiger charge is -2.40. The molecule has 2 rings (SSSR count). The minimum absolute atomic E-state index is 0.0742. The van der Waals surface area contributed by atoms with Gasteiger partial charge in [0.25, 0.3) is 0 Å². The van der Waals surface area contributed by atoms with Crippen molar-refractivity contribution in [2.45, 2.75) is 30.9 Å². The van der Waals surface area contributed by atoms with Crippen molar-refractivity contribution in [1.29, 1.82) is 0 Å². The average molecular weight is 242 g/mol. The largest absolute Gasteiger partial charge is 0.379 e. The molecule has 0 spiro atoms. The van der Waals surface area contributed by atoms with Crippen LogP contribution in [-0.4, -0.2) is 51.5 Å². The predicted molar refractivity (Wildman–Crippen MR) is 63.8 cm³/mol. The van der Waals surface area contributed by atoms with E-state index < -0.39 is 0 Å². The Hall–Kier alpha value is -0.650. The summed E-state index contributed by atoms with van der Waals surface area (Å²) in [4.78, 5) is 12.0. The van der Waals surface area contributed by atoms with Crippen molar-refractivity contribution < 1.29 is 14.3 Å². The summed E-state index contributed by atoms with van der Waals surface area (Å²) < 4.78 is 10.8. The lowest BCUT2D eigenvalue weighted by atomic mass is 9.80. The van der Waals surface area contributed by atoms with E-state index in [9.17, 15) is 4.79 Å². The fraction of sp³-hybridized carbons (Fsp3) is 0.917. The highest BCUT2D eigenvalue weighted by Gasteiger charge is 2.39. The van der Waals surface area contributed by atoms with Crippen LogP contribution in [0.3, 0.4) is 0 Å². The first kappa shape index (κ1) is 12.8. The van der Waals surface area contributed by atoms with Gasteiger partial charge >= 0.3 is 0 Å². The molecule has 0 radical (unpaired) electrons. The smallest absolute Gasteiger partial charge is 0.227 e. The molecule has 1 saturated heterocycles. The van der Waals surface area contributed by atoms with Crippen molar-refractivity contribution in [3.63, 3.8) is 0 Å². The van der Waals surface area contributed by atoms with Gasteiger partial charge in [-0.15, -0.1) is 0 Å². The Kier molecular flexibility index (Phi) is 4.01. The molecular weight excluding hydrogens is 220 g/mol. The molecule has 98 valence electrons. The molecule has 0 aromatic carbocycles. The van der Waals surface area contributed by atoms with E-state index in [-0.39, 0.29) is 23.5 Å². The maximum absolute atomic E-state index is 12.0. The maximum Gasteiger partial charge on any atom is 0.227 e. The number of methoxy groups -OCH3 is 1. The lowest BCUT2D eigenvalue weighted by Crippen LogP contribution is -2.52. The summed E-state index contributed by atoms with van der Waals surface area (Å²) in [6.07, 6.45) is 3.27. The molecule has 5 nitrogen and oxygen atoms in total. The van der Waals surface area contributed by atoms with Crippen molar-refractivity contribution in [2.24, 2.45) is 5.92 Å². The fourth-order valence-corrected chi connectivity index (χ4v) is 2.50. The number of hydrogen-bond acceptors (Lipinski definition) is 4. The highest BCUT2D eigenvalue weighted by Crippen LogP contribution is 2.34. The third-order valence-electron chi connectivity index (χ3n) is 4.07. The molecule has 1 saturated carbocycles. The normalized spacial score (nSPS) is 30.9. The van der Waals surface area contributed by atoms with Crippen LogP contribution in [0.4, 0.5) is 0 Å². The summed E-state index contributed by atoms with van der Waals surface area (Å²) in [5.41, 5.74) is -0.107. The second-order valence-corrected chi connectivity index (χ2v) is 5.00. The minimum Gasteiger partial charge on any atom is -0.379 e. The van der Waals surface area contributed by atoms with E-state index in [1.807, 2.05) is 7.05 Å². The number of carbonyl (C=O) groups excluding carboxylic acids is 1. The zero-order valence-electron chi connectivity index (χ0n) is 10.6. The lowest BCUT2D eigenvalue weighted by molar-refractivity contribution is -0.129. The number of ether oxygens (including phenoxy) is 2. The van der Waals surface area contributed by atoms with Gasteiger partial charge < -0.3 is 20.1 Å². The van der Waals surface area contributed by atoms with Gasteiger partial charge in [-0.3, -0.25) is 4.79 Å². The van der Waals surface area contributed by atoms with Crippen LogP contribution in [-0.2, 0) is 14.3 Å². The molecule has 2 unspecified atom stereocenters. The van der Waals surface area contributed by atoms with Crippen LogP contribution in [0.25, 0.3) is 0 Å². The van der Waals surface area contributed by atoms with Gasteiger partial charge in [-0.05, 0) is 26.3 Å². The molecule has 0 aromatic heterocycles. The van der Waals surface area contributed by atoms with E-state index in [0.29, 0.717) is 19.8 Å². The number of carbonyl (C=O) groups is 1. The number of hydrogen-bond donors (Lipinski definition) is 2. The van der Waals surface area contributed by atoms with Gasteiger partial charge in [0.1, 0.15) is 0 Å². The van der Waals surface area contributed by atoms with Gasteiger partial charge in [0.15, 0.2) is 0 Å². The summed E-state index contributed by atoms with van der Waals surface area (Å²) in [6.45, 7) is 1.75. The van der Waals surface area contributed by atoms with Gasteiger partial charge in [-0.2, -0.15) is 0 Å². The highest BCUT2D eigenvalue weighted by molar-refractivity contribution is 5.80. The third kappa shape index (κ3) is 2.61. The molecule has 5 heteroatoms. The van der Waals surface area contributed by atoms with E-state index in [0.717, 1.165) is 12.8 Å². The molecule has 1 heterocycles. The first-order valence-electron chi connectivity index (χ1n) is 6.29. The zero-order valence-corrected chi connectivity index (χ0v) is 10.6. The predicted octanol–water partition coefficient (Wildman–Crippen LogP) is -0.0939. The van der Waals surface area contributed by atoms with Gasteiger partial charge in [0.2, 0.25) is 5.91 Å². The highest BCUT2D eigenvalue weighted by atomic mass is 16.5. The number of likely N-dealkylation sites (N-methyl/N-ethyl adjacent to an activating group) is 1. The monoisotopic (exact) mass is 242 g/mol. The summed E-state index contributed by atoms with van der Waals surface area (Å²) in [6, 6.07) is 0.134. The Balaban J connectivity index is 1.80. The van der Waals surface area contributed by atoms with Crippen LogP contribution >= 0.6 is 0 Å². The molecule has 1 aliphatic carbocycles. The Labute approximate surface area is 102 Å². The molecule has 2 fully saturated rings. The molecule has 17 heavy (non-hydrogen) atoms. The molecular formula is C12H22N2O3. The van der Waals surface area contributed by atoms with Crippen LogP contribution in [0.5, 0.6) is 0 Å². The maximum atomic E-state index is 12.0. The van der Waals surface area contributed by atoms with Crippen molar-refractivity contribution in [3.05, 3.63) is 0 Å². The van der Waals surface area contributed by atoms with Gasteiger partial charge in [-0.25, -0.2) is 0 Å². The first-order chi connectivity index (χ1) is 8.21. The first-order valence-corrected chi connectivity index (χ1v) is 6.29. The Morgan fingerprint density at radius 3 is 2.76 bits per heavy atom. The van der Waals surface area contributed by atoms with Crippen LogP contribution in [0.2, 0.25) is 0 Å². The topological polar surface area (TPSA) is 59.6 Å². The van der Waals surface area contributed by atoms with E-state index in [4.69, 9.17) is 9.47 Å². The SMILES string of the molecule is CNC1COCC1C(=O)NCC1(OC)CCC1. The molecule has 0 aromatic rings. The van der Waals surface area contributed by atoms with Crippen molar-refractivity contribution in [2.75, 3.05) is 33.9 Å². The summed E-state index contributed by atoms with van der Waals surface area (Å²) in [7, 11) is 3.59. The molecule has 1 amide bonds. The Morgan fingerprint density at radius 1 is 1.47 bits per heavy atom. The van der Waals surface area contributed by atoms with E-state index >= 15 is 0 Å². The third-order valence-corrected chi connectivity index (χ3v) is 4.07. The Bertz CT molecular complexity index is 273. The number of rotatable bonds is 5. The van der Waals surface area contributed by atoms with Crippen molar-refractivity contribution >= 4 is 5.91 Å². The van der Waals surface area contributed by atoms with Crippen LogP contribution in [0.15, 0.2) is 0 Å². The van der Waals surface area contributed by atoms with Gasteiger partial charge in [-0.1, -0.05) is 0 Å².